The molecule has 0 saturated heterocycles. The number of hydrogen-bond acceptors (Lipinski definition) is 6. The number of rotatable bonds is 6. The molecule has 0 atom stereocenters. The second-order valence-electron chi connectivity index (χ2n) is 6.04. The Labute approximate surface area is 172 Å². The summed E-state index contributed by atoms with van der Waals surface area (Å²) in [7, 11) is 0. The predicted octanol–water partition coefficient (Wildman–Crippen LogP) is 4.09. The first-order valence-corrected chi connectivity index (χ1v) is 10.0. The molecule has 0 radical (unpaired) electrons. The molecule has 0 fully saturated rings. The maximum atomic E-state index is 12.3. The summed E-state index contributed by atoms with van der Waals surface area (Å²) in [5, 5.41) is 8.35. The second kappa shape index (κ2) is 8.66. The average molecular weight is 402 g/mol. The van der Waals surface area contributed by atoms with Crippen LogP contribution in [0.3, 0.4) is 0 Å². The molecule has 4 rings (SSSR count). The number of benzene rings is 1. The molecule has 7 nitrogen and oxygen atoms in total. The Hall–Kier alpha value is -3.52. The van der Waals surface area contributed by atoms with Crippen molar-refractivity contribution in [3.05, 3.63) is 78.9 Å². The van der Waals surface area contributed by atoms with Gasteiger partial charge in [-0.05, 0) is 54.3 Å². The van der Waals surface area contributed by atoms with Crippen molar-refractivity contribution in [2.45, 2.75) is 12.1 Å². The van der Waals surface area contributed by atoms with Gasteiger partial charge in [0.15, 0.2) is 11.0 Å². The van der Waals surface area contributed by atoms with Gasteiger partial charge in [-0.3, -0.25) is 14.8 Å². The van der Waals surface area contributed by atoms with Gasteiger partial charge in [-0.15, -0.1) is 5.10 Å². The Bertz CT molecular complexity index is 1100. The lowest BCUT2D eigenvalue weighted by Gasteiger charge is -2.08. The van der Waals surface area contributed by atoms with Crippen LogP contribution in [0.15, 0.2) is 78.5 Å². The molecule has 0 aliphatic carbocycles. The molecule has 0 bridgehead atoms. The van der Waals surface area contributed by atoms with E-state index in [-0.39, 0.29) is 5.91 Å². The summed E-state index contributed by atoms with van der Waals surface area (Å²) >= 11 is 1.62. The summed E-state index contributed by atoms with van der Waals surface area (Å²) in [5.74, 6) is 1.33. The van der Waals surface area contributed by atoms with E-state index < -0.39 is 0 Å². The molecule has 0 saturated carbocycles. The van der Waals surface area contributed by atoms with Crippen molar-refractivity contribution in [3.8, 4) is 17.1 Å². The molecule has 8 heteroatoms. The minimum absolute atomic E-state index is 0.200. The first-order valence-electron chi connectivity index (χ1n) is 9.06. The monoisotopic (exact) mass is 402 g/mol. The van der Waals surface area contributed by atoms with Crippen LogP contribution in [0, 0.1) is 0 Å². The van der Waals surface area contributed by atoms with Crippen LogP contribution in [0.1, 0.15) is 17.3 Å². The maximum absolute atomic E-state index is 12.3. The van der Waals surface area contributed by atoms with E-state index in [0.717, 1.165) is 22.2 Å². The van der Waals surface area contributed by atoms with Gasteiger partial charge >= 0.3 is 0 Å². The number of anilines is 1. The Kier molecular flexibility index (Phi) is 5.62. The van der Waals surface area contributed by atoms with Crippen LogP contribution >= 0.6 is 11.8 Å². The zero-order valence-corrected chi connectivity index (χ0v) is 16.5. The molecule has 29 heavy (non-hydrogen) atoms. The average Bonchev–Trinajstić information content (AvgIpc) is 3.20. The van der Waals surface area contributed by atoms with Crippen LogP contribution in [0.5, 0.6) is 0 Å². The molecule has 3 aromatic heterocycles. The van der Waals surface area contributed by atoms with Gasteiger partial charge in [0.25, 0.3) is 5.91 Å². The van der Waals surface area contributed by atoms with E-state index in [1.165, 1.54) is 6.20 Å². The molecule has 1 aromatic carbocycles. The molecule has 1 N–H and O–H groups in total. The smallest absolute Gasteiger partial charge is 0.257 e. The minimum atomic E-state index is -0.200. The summed E-state index contributed by atoms with van der Waals surface area (Å²) in [6, 6.07) is 14.7. The highest BCUT2D eigenvalue weighted by atomic mass is 32.2. The third kappa shape index (κ3) is 4.33. The molecule has 0 aliphatic rings. The van der Waals surface area contributed by atoms with Crippen molar-refractivity contribution in [2.75, 3.05) is 11.1 Å². The zero-order chi connectivity index (χ0) is 20.1. The number of hydrogen-bond donors (Lipinski definition) is 1. The number of aromatic nitrogens is 5. The standard InChI is InChI=1S/C21H18N6OS/c1-2-29-21-25-19(15-9-12-22-13-10-15)26-27(21)18-7-5-17(6-8-18)24-20(28)16-4-3-11-23-14-16/h3-14H,2H2,1H3,(H,24,28). The third-order valence-corrected chi connectivity index (χ3v) is 4.89. The fourth-order valence-corrected chi connectivity index (χ4v) is 3.38. The number of thioether (sulfide) groups is 1. The summed E-state index contributed by atoms with van der Waals surface area (Å²) in [6.07, 6.45) is 6.62. The predicted molar refractivity (Wildman–Crippen MR) is 113 cm³/mol. The van der Waals surface area contributed by atoms with E-state index in [4.69, 9.17) is 0 Å². The van der Waals surface area contributed by atoms with Crippen LogP contribution < -0.4 is 5.32 Å². The van der Waals surface area contributed by atoms with Crippen molar-refractivity contribution in [1.29, 1.82) is 0 Å². The van der Waals surface area contributed by atoms with Crippen molar-refractivity contribution in [3.63, 3.8) is 0 Å². The van der Waals surface area contributed by atoms with Gasteiger partial charge < -0.3 is 5.32 Å². The first-order chi connectivity index (χ1) is 14.2. The lowest BCUT2D eigenvalue weighted by atomic mass is 10.2. The van der Waals surface area contributed by atoms with Crippen molar-refractivity contribution >= 4 is 23.4 Å². The Morgan fingerprint density at radius 3 is 2.52 bits per heavy atom. The SMILES string of the molecule is CCSc1nc(-c2ccncc2)nn1-c1ccc(NC(=O)c2cccnc2)cc1. The Morgan fingerprint density at radius 2 is 1.83 bits per heavy atom. The third-order valence-electron chi connectivity index (χ3n) is 4.08. The summed E-state index contributed by atoms with van der Waals surface area (Å²) in [4.78, 5) is 25.0. The molecule has 144 valence electrons. The van der Waals surface area contributed by atoms with Gasteiger partial charge in [-0.1, -0.05) is 18.7 Å². The van der Waals surface area contributed by atoms with Crippen LogP contribution in [-0.4, -0.2) is 36.4 Å². The van der Waals surface area contributed by atoms with E-state index >= 15 is 0 Å². The highest BCUT2D eigenvalue weighted by Gasteiger charge is 2.13. The topological polar surface area (TPSA) is 85.6 Å². The summed E-state index contributed by atoms with van der Waals surface area (Å²) in [6.45, 7) is 2.08. The molecule has 4 aromatic rings. The van der Waals surface area contributed by atoms with Gasteiger partial charge in [-0.2, -0.15) is 0 Å². The van der Waals surface area contributed by atoms with Crippen LogP contribution in [-0.2, 0) is 0 Å². The number of pyridine rings is 2. The van der Waals surface area contributed by atoms with Crippen molar-refractivity contribution < 1.29 is 4.79 Å². The lowest BCUT2D eigenvalue weighted by Crippen LogP contribution is -2.12. The maximum Gasteiger partial charge on any atom is 0.257 e. The highest BCUT2D eigenvalue weighted by molar-refractivity contribution is 7.99. The van der Waals surface area contributed by atoms with Gasteiger partial charge in [0, 0.05) is 36.0 Å². The molecular weight excluding hydrogens is 384 g/mol. The fraction of sp³-hybridized carbons (Fsp3) is 0.0952. The number of carbonyl (C=O) groups is 1. The molecule has 0 spiro atoms. The van der Waals surface area contributed by atoms with E-state index in [1.807, 2.05) is 41.1 Å². The number of carbonyl (C=O) groups excluding carboxylic acids is 1. The van der Waals surface area contributed by atoms with Crippen molar-refractivity contribution in [1.82, 2.24) is 24.7 Å². The summed E-state index contributed by atoms with van der Waals surface area (Å²) in [5.41, 5.74) is 2.99. The molecule has 3 heterocycles. The lowest BCUT2D eigenvalue weighted by molar-refractivity contribution is 0.102. The fourth-order valence-electron chi connectivity index (χ4n) is 2.70. The summed E-state index contributed by atoms with van der Waals surface area (Å²) < 4.78 is 1.82. The van der Waals surface area contributed by atoms with Gasteiger partial charge in [0.05, 0.1) is 11.3 Å². The van der Waals surface area contributed by atoms with Crippen molar-refractivity contribution in [2.24, 2.45) is 0 Å². The molecular formula is C21H18N6OS. The molecule has 0 aliphatic heterocycles. The van der Waals surface area contributed by atoms with Crippen LogP contribution in [0.4, 0.5) is 5.69 Å². The van der Waals surface area contributed by atoms with E-state index in [0.29, 0.717) is 17.1 Å². The Morgan fingerprint density at radius 1 is 1.03 bits per heavy atom. The van der Waals surface area contributed by atoms with Gasteiger partial charge in [0.1, 0.15) is 0 Å². The quantitative estimate of drug-likeness (QED) is 0.489. The molecule has 0 unspecified atom stereocenters. The highest BCUT2D eigenvalue weighted by Crippen LogP contribution is 2.25. The van der Waals surface area contributed by atoms with Crippen LogP contribution in [0.25, 0.3) is 17.1 Å². The minimum Gasteiger partial charge on any atom is -0.322 e. The normalized spacial score (nSPS) is 10.7. The second-order valence-corrected chi connectivity index (χ2v) is 7.27. The van der Waals surface area contributed by atoms with E-state index in [9.17, 15) is 4.79 Å². The number of nitrogens with one attached hydrogen (secondary N) is 1. The Balaban J connectivity index is 1.58. The van der Waals surface area contributed by atoms with E-state index in [1.54, 1.807) is 42.5 Å². The number of amides is 1. The van der Waals surface area contributed by atoms with Crippen LogP contribution in [0.2, 0.25) is 0 Å². The number of nitrogens with zero attached hydrogens (tertiary/aromatic N) is 5. The molecule has 1 amide bonds. The first kappa shape index (κ1) is 18.8. The van der Waals surface area contributed by atoms with Gasteiger partial charge in [0.2, 0.25) is 0 Å². The zero-order valence-electron chi connectivity index (χ0n) is 15.7. The largest absolute Gasteiger partial charge is 0.322 e. The van der Waals surface area contributed by atoms with Gasteiger partial charge in [-0.25, -0.2) is 9.67 Å². The van der Waals surface area contributed by atoms with E-state index in [2.05, 4.69) is 32.3 Å².